The number of piperidine rings is 1. The summed E-state index contributed by atoms with van der Waals surface area (Å²) in [5.74, 6) is 4.24. The number of fused-ring (bicyclic) bond motifs is 2. The number of aromatic nitrogens is 3. The number of terminal acetylenes is 1. The first-order chi connectivity index (χ1) is 15.1. The Balaban J connectivity index is 1.36. The Labute approximate surface area is 182 Å². The largest absolute Gasteiger partial charge is 0.342 e. The average molecular weight is 416 g/mol. The molecule has 2 aliphatic heterocycles. The number of para-hydroxylation sites is 1. The molecule has 0 radical (unpaired) electrons. The lowest BCUT2D eigenvalue weighted by Crippen LogP contribution is -2.39. The third-order valence-corrected chi connectivity index (χ3v) is 6.75. The average Bonchev–Trinajstić information content (AvgIpc) is 3.12. The maximum Gasteiger partial charge on any atom is 0.257 e. The van der Waals surface area contributed by atoms with Gasteiger partial charge in [-0.05, 0) is 30.4 Å². The first-order valence-corrected chi connectivity index (χ1v) is 11.2. The highest BCUT2D eigenvalue weighted by Gasteiger charge is 2.25. The Hall–Kier alpha value is -3.04. The molecule has 4 heterocycles. The molecule has 0 amide bonds. The Morgan fingerprint density at radius 1 is 1.23 bits per heavy atom. The van der Waals surface area contributed by atoms with Crippen molar-refractivity contribution in [3.05, 3.63) is 57.6 Å². The molecule has 1 aromatic carbocycles. The highest BCUT2D eigenvalue weighted by Crippen LogP contribution is 2.26. The summed E-state index contributed by atoms with van der Waals surface area (Å²) < 4.78 is 2.13. The lowest BCUT2D eigenvalue weighted by atomic mass is 9.99. The lowest BCUT2D eigenvalue weighted by Gasteiger charge is -2.32. The Morgan fingerprint density at radius 3 is 2.84 bits per heavy atom. The van der Waals surface area contributed by atoms with Gasteiger partial charge in [0, 0.05) is 56.2 Å². The van der Waals surface area contributed by atoms with Gasteiger partial charge in [0.25, 0.3) is 5.56 Å². The first kappa shape index (κ1) is 19.9. The molecule has 0 unspecified atom stereocenters. The minimum absolute atomic E-state index is 0.0121. The molecule has 6 nitrogen and oxygen atoms in total. The predicted molar refractivity (Wildman–Crippen MR) is 124 cm³/mol. The fourth-order valence-corrected chi connectivity index (χ4v) is 4.89. The molecule has 160 valence electrons. The summed E-state index contributed by atoms with van der Waals surface area (Å²) in [5.41, 5.74) is 4.19. The molecule has 5 rings (SSSR count). The van der Waals surface area contributed by atoms with Crippen molar-refractivity contribution < 1.29 is 0 Å². The molecular weight excluding hydrogens is 386 g/mol. The molecule has 0 aliphatic carbocycles. The van der Waals surface area contributed by atoms with Gasteiger partial charge in [0.2, 0.25) is 5.95 Å². The fourth-order valence-electron chi connectivity index (χ4n) is 4.89. The second kappa shape index (κ2) is 8.24. The van der Waals surface area contributed by atoms with E-state index in [0.29, 0.717) is 13.1 Å². The van der Waals surface area contributed by atoms with Crippen LogP contribution in [0, 0.1) is 18.3 Å². The molecule has 3 aromatic rings. The van der Waals surface area contributed by atoms with E-state index < -0.39 is 0 Å². The molecule has 1 fully saturated rings. The summed E-state index contributed by atoms with van der Waals surface area (Å²) in [4.78, 5) is 25.4. The second-order valence-electron chi connectivity index (χ2n) is 8.95. The van der Waals surface area contributed by atoms with Gasteiger partial charge >= 0.3 is 0 Å². The van der Waals surface area contributed by atoms with Gasteiger partial charge in [-0.25, -0.2) is 4.98 Å². The summed E-state index contributed by atoms with van der Waals surface area (Å²) in [6.45, 7) is 7.11. The number of hydrogen-bond acceptors (Lipinski definition) is 4. The first-order valence-electron chi connectivity index (χ1n) is 11.2. The normalized spacial score (nSPS) is 17.6. The molecule has 2 aliphatic rings. The highest BCUT2D eigenvalue weighted by atomic mass is 16.1. The highest BCUT2D eigenvalue weighted by molar-refractivity contribution is 5.84. The lowest BCUT2D eigenvalue weighted by molar-refractivity contribution is 0.242. The minimum Gasteiger partial charge on any atom is -0.342 e. The van der Waals surface area contributed by atoms with Crippen molar-refractivity contribution in [1.29, 1.82) is 0 Å². The topological polar surface area (TPSA) is 57.2 Å². The summed E-state index contributed by atoms with van der Waals surface area (Å²) >= 11 is 0. The molecule has 0 spiro atoms. The van der Waals surface area contributed by atoms with Crippen molar-refractivity contribution >= 4 is 16.9 Å². The summed E-state index contributed by atoms with van der Waals surface area (Å²) in [5, 5.41) is 1.23. The molecule has 1 N–H and O–H groups in total. The van der Waals surface area contributed by atoms with Crippen molar-refractivity contribution in [1.82, 2.24) is 19.4 Å². The maximum atomic E-state index is 12.9. The number of nitrogens with zero attached hydrogens (tertiary/aromatic N) is 4. The Bertz CT molecular complexity index is 1190. The fraction of sp³-hybridized carbons (Fsp3) is 0.440. The van der Waals surface area contributed by atoms with Gasteiger partial charge in [0.1, 0.15) is 0 Å². The van der Waals surface area contributed by atoms with Crippen molar-refractivity contribution in [3.63, 3.8) is 0 Å². The molecule has 2 aromatic heterocycles. The molecular formula is C25H29N5O. The van der Waals surface area contributed by atoms with Crippen LogP contribution in [-0.4, -0.2) is 39.1 Å². The molecule has 1 saturated heterocycles. The Morgan fingerprint density at radius 2 is 2.03 bits per heavy atom. The predicted octanol–water partition coefficient (Wildman–Crippen LogP) is 3.15. The van der Waals surface area contributed by atoms with E-state index >= 15 is 0 Å². The van der Waals surface area contributed by atoms with Crippen LogP contribution in [0.3, 0.4) is 0 Å². The quantitative estimate of drug-likeness (QED) is 0.665. The van der Waals surface area contributed by atoms with Crippen molar-refractivity contribution in [2.75, 3.05) is 24.5 Å². The maximum absolute atomic E-state index is 12.9. The van der Waals surface area contributed by atoms with Gasteiger partial charge in [0.05, 0.1) is 17.8 Å². The van der Waals surface area contributed by atoms with Gasteiger partial charge in [-0.15, -0.1) is 6.42 Å². The van der Waals surface area contributed by atoms with Gasteiger partial charge in [-0.3, -0.25) is 14.7 Å². The van der Waals surface area contributed by atoms with Crippen LogP contribution in [0.25, 0.3) is 10.9 Å². The summed E-state index contributed by atoms with van der Waals surface area (Å²) in [7, 11) is 0. The van der Waals surface area contributed by atoms with Crippen LogP contribution in [0.2, 0.25) is 0 Å². The zero-order valence-electron chi connectivity index (χ0n) is 18.1. The van der Waals surface area contributed by atoms with Gasteiger partial charge in [-0.2, -0.15) is 0 Å². The van der Waals surface area contributed by atoms with E-state index in [-0.39, 0.29) is 5.56 Å². The molecule has 0 atom stereocenters. The third kappa shape index (κ3) is 3.86. The number of H-pyrrole nitrogens is 1. The third-order valence-electron chi connectivity index (χ3n) is 6.75. The van der Waals surface area contributed by atoms with Crippen LogP contribution in [-0.2, 0) is 26.1 Å². The number of nitrogens with one attached hydrogen (secondary N) is 1. The summed E-state index contributed by atoms with van der Waals surface area (Å²) in [6, 6.07) is 8.37. The second-order valence-corrected chi connectivity index (χ2v) is 8.95. The van der Waals surface area contributed by atoms with E-state index in [1.54, 1.807) is 0 Å². The minimum atomic E-state index is 0.0121. The van der Waals surface area contributed by atoms with Crippen LogP contribution >= 0.6 is 0 Å². The molecule has 6 heteroatoms. The van der Waals surface area contributed by atoms with Gasteiger partial charge in [-0.1, -0.05) is 31.0 Å². The Kier molecular flexibility index (Phi) is 5.29. The number of benzene rings is 1. The monoisotopic (exact) mass is 415 g/mol. The number of aromatic amines is 1. The van der Waals surface area contributed by atoms with Crippen LogP contribution in [0.5, 0.6) is 0 Å². The van der Waals surface area contributed by atoms with Gasteiger partial charge in [0.15, 0.2) is 0 Å². The van der Waals surface area contributed by atoms with Crippen molar-refractivity contribution in [2.45, 2.75) is 45.8 Å². The molecule has 0 bridgehead atoms. The zero-order valence-corrected chi connectivity index (χ0v) is 18.1. The standard InChI is InChI=1S/C25H29N5O/c1-3-11-30-16-19(20-6-4-5-7-23(20)30)15-28-12-10-22-21(17-28)24(31)27-25(26-22)29-13-8-18(2)9-14-29/h1,4-7,16,18H,8-15,17H2,2H3,(H,26,27,31). The molecule has 0 saturated carbocycles. The van der Waals surface area contributed by atoms with Crippen molar-refractivity contribution in [3.8, 4) is 12.3 Å². The summed E-state index contributed by atoms with van der Waals surface area (Å²) in [6.07, 6.45) is 10.8. The van der Waals surface area contributed by atoms with Crippen LogP contribution in [0.1, 0.15) is 36.6 Å². The van der Waals surface area contributed by atoms with E-state index in [0.717, 1.165) is 74.1 Å². The van der Waals surface area contributed by atoms with E-state index in [2.05, 4.69) is 56.6 Å². The molecule has 31 heavy (non-hydrogen) atoms. The number of hydrogen-bond donors (Lipinski definition) is 1. The van der Waals surface area contributed by atoms with E-state index in [1.165, 1.54) is 10.9 Å². The number of anilines is 1. The number of rotatable bonds is 4. The van der Waals surface area contributed by atoms with Crippen LogP contribution in [0.15, 0.2) is 35.3 Å². The SMILES string of the molecule is C#CCn1cc(CN2CCc3nc(N4CCC(C)CC4)[nH]c(=O)c3C2)c2ccccc21. The van der Waals surface area contributed by atoms with E-state index in [1.807, 2.05) is 6.07 Å². The van der Waals surface area contributed by atoms with Crippen molar-refractivity contribution in [2.24, 2.45) is 5.92 Å². The van der Waals surface area contributed by atoms with E-state index in [9.17, 15) is 4.79 Å². The van der Waals surface area contributed by atoms with E-state index in [4.69, 9.17) is 11.4 Å². The zero-order chi connectivity index (χ0) is 21.4. The van der Waals surface area contributed by atoms with Crippen LogP contribution in [0.4, 0.5) is 5.95 Å². The smallest absolute Gasteiger partial charge is 0.257 e. The van der Waals surface area contributed by atoms with Gasteiger partial charge < -0.3 is 9.47 Å². The van der Waals surface area contributed by atoms with Crippen LogP contribution < -0.4 is 10.5 Å².